The van der Waals surface area contributed by atoms with Crippen molar-refractivity contribution in [3.8, 4) is 0 Å². The van der Waals surface area contributed by atoms with E-state index in [1.165, 1.54) is 7.11 Å². The van der Waals surface area contributed by atoms with E-state index in [2.05, 4.69) is 10.0 Å². The summed E-state index contributed by atoms with van der Waals surface area (Å²) in [6.07, 6.45) is -12.8. The minimum Gasteiger partial charge on any atom is -0.479 e. The van der Waals surface area contributed by atoms with Crippen LogP contribution < -0.4 is 0 Å². The van der Waals surface area contributed by atoms with Crippen molar-refractivity contribution in [3.63, 3.8) is 0 Å². The second-order valence-corrected chi connectivity index (χ2v) is 15.8. The first-order chi connectivity index (χ1) is 32.9. The van der Waals surface area contributed by atoms with Crippen molar-refractivity contribution in [2.24, 2.45) is 5.11 Å². The molecule has 0 spiro atoms. The fourth-order valence-electron chi connectivity index (χ4n) is 7.80. The molecule has 2 aliphatic heterocycles. The van der Waals surface area contributed by atoms with Gasteiger partial charge in [0.1, 0.15) is 36.6 Å². The highest BCUT2D eigenvalue weighted by atomic mass is 16.8. The number of methoxy groups -OCH3 is 1. The Labute approximate surface area is 389 Å². The van der Waals surface area contributed by atoms with Crippen molar-refractivity contribution in [1.82, 2.24) is 0 Å². The predicted molar refractivity (Wildman–Crippen MR) is 242 cm³/mol. The molecular formula is C51H55N3O13. The number of ether oxygens (including phenoxy) is 10. The van der Waals surface area contributed by atoms with Crippen molar-refractivity contribution in [3.05, 3.63) is 190 Å². The molecule has 67 heavy (non-hydrogen) atoms. The summed E-state index contributed by atoms with van der Waals surface area (Å²) >= 11 is 0. The van der Waals surface area contributed by atoms with E-state index < -0.39 is 73.4 Å². The van der Waals surface area contributed by atoms with Crippen LogP contribution in [0.4, 0.5) is 0 Å². The van der Waals surface area contributed by atoms with Crippen LogP contribution in [0.3, 0.4) is 0 Å². The first kappa shape index (κ1) is 48.9. The average molecular weight is 918 g/mol. The zero-order chi connectivity index (χ0) is 46.6. The molecule has 0 unspecified atom stereocenters. The number of carboxylic acids is 1. The molecule has 2 aliphatic rings. The van der Waals surface area contributed by atoms with Crippen LogP contribution in [0.5, 0.6) is 0 Å². The molecule has 1 N–H and O–H groups in total. The highest BCUT2D eigenvalue weighted by Crippen LogP contribution is 2.37. The molecule has 0 amide bonds. The maximum atomic E-state index is 14.0. The minimum absolute atomic E-state index is 0.0295. The lowest BCUT2D eigenvalue weighted by molar-refractivity contribution is -0.368. The summed E-state index contributed by atoms with van der Waals surface area (Å²) in [7, 11) is 1.21. The summed E-state index contributed by atoms with van der Waals surface area (Å²) in [6, 6.07) is 47.0. The van der Waals surface area contributed by atoms with E-state index in [9.17, 15) is 14.7 Å². The third-order valence-electron chi connectivity index (χ3n) is 11.1. The Morgan fingerprint density at radius 2 is 0.896 bits per heavy atom. The lowest BCUT2D eigenvalue weighted by Crippen LogP contribution is -2.67. The molecule has 0 saturated carbocycles. The van der Waals surface area contributed by atoms with Crippen LogP contribution in [0.15, 0.2) is 157 Å². The fourth-order valence-corrected chi connectivity index (χ4v) is 7.80. The highest BCUT2D eigenvalue weighted by Gasteiger charge is 2.57. The number of benzene rings is 5. The van der Waals surface area contributed by atoms with E-state index in [1.54, 1.807) is 0 Å². The molecule has 10 atom stereocenters. The van der Waals surface area contributed by atoms with E-state index in [0.717, 1.165) is 27.8 Å². The van der Waals surface area contributed by atoms with Crippen molar-refractivity contribution < 1.29 is 62.1 Å². The Morgan fingerprint density at radius 1 is 0.522 bits per heavy atom. The van der Waals surface area contributed by atoms with Crippen molar-refractivity contribution in [1.29, 1.82) is 0 Å². The van der Waals surface area contributed by atoms with Crippen molar-refractivity contribution in [2.45, 2.75) is 101 Å². The molecule has 0 aliphatic carbocycles. The van der Waals surface area contributed by atoms with Crippen LogP contribution in [-0.2, 0) is 90.0 Å². The molecule has 16 nitrogen and oxygen atoms in total. The maximum Gasteiger partial charge on any atom is 0.337 e. The van der Waals surface area contributed by atoms with Crippen LogP contribution in [-0.4, -0.2) is 98.7 Å². The summed E-state index contributed by atoms with van der Waals surface area (Å²) in [5, 5.41) is 14.5. The Kier molecular flexibility index (Phi) is 18.8. The Morgan fingerprint density at radius 3 is 1.30 bits per heavy atom. The van der Waals surface area contributed by atoms with Gasteiger partial charge in [0.15, 0.2) is 24.8 Å². The van der Waals surface area contributed by atoms with Crippen LogP contribution in [0.25, 0.3) is 10.4 Å². The molecular weight excluding hydrogens is 863 g/mol. The zero-order valence-corrected chi connectivity index (χ0v) is 37.1. The highest BCUT2D eigenvalue weighted by molar-refractivity contribution is 5.76. The SMILES string of the molecule is COC(=O)[C@H]1O[C@@H](OCCCN=[N+]=[N-])[C@@H](OCc2ccccc2)[C@@H](OCc2ccccc2)[C@@H]1O[C@@H]1O[C@H](C(=O)O)[C@@H](OCc2ccccc2)[C@H](OCc2ccccc2)[C@@H]1OCc1ccccc1. The normalized spacial score (nSPS) is 24.9. The quantitative estimate of drug-likeness (QED) is 0.0208. The van der Waals surface area contributed by atoms with Gasteiger partial charge in [0.05, 0.1) is 40.1 Å². The third-order valence-corrected chi connectivity index (χ3v) is 11.1. The van der Waals surface area contributed by atoms with Gasteiger partial charge in [-0.25, -0.2) is 9.59 Å². The maximum absolute atomic E-state index is 14.0. The van der Waals surface area contributed by atoms with Gasteiger partial charge in [-0.3, -0.25) is 0 Å². The van der Waals surface area contributed by atoms with E-state index in [4.69, 9.17) is 52.9 Å². The van der Waals surface area contributed by atoms with Crippen LogP contribution >= 0.6 is 0 Å². The number of aliphatic carboxylic acids is 1. The number of esters is 1. The molecule has 2 saturated heterocycles. The molecule has 16 heteroatoms. The zero-order valence-electron chi connectivity index (χ0n) is 37.1. The van der Waals surface area contributed by atoms with Crippen LogP contribution in [0.1, 0.15) is 34.2 Å². The second-order valence-electron chi connectivity index (χ2n) is 15.8. The second kappa shape index (κ2) is 25.8. The smallest absolute Gasteiger partial charge is 0.337 e. The number of azide groups is 1. The topological polar surface area (TPSA) is 195 Å². The van der Waals surface area contributed by atoms with Crippen molar-refractivity contribution in [2.75, 3.05) is 20.3 Å². The predicted octanol–water partition coefficient (Wildman–Crippen LogP) is 7.72. The fraction of sp³-hybridized carbons (Fsp3) is 0.373. The Hall–Kier alpha value is -6.01. The molecule has 2 fully saturated rings. The number of nitrogens with zero attached hydrogens (tertiary/aromatic N) is 3. The first-order valence-corrected chi connectivity index (χ1v) is 22.1. The largest absolute Gasteiger partial charge is 0.479 e. The molecule has 0 bridgehead atoms. The van der Waals surface area contributed by atoms with E-state index in [1.807, 2.05) is 152 Å². The van der Waals surface area contributed by atoms with Gasteiger partial charge in [0, 0.05) is 18.1 Å². The van der Waals surface area contributed by atoms with Crippen molar-refractivity contribution >= 4 is 11.9 Å². The van der Waals surface area contributed by atoms with Gasteiger partial charge in [-0.15, -0.1) is 0 Å². The van der Waals surface area contributed by atoms with E-state index in [0.29, 0.717) is 6.42 Å². The standard InChI is InChI=1S/C51H55N3O13/c1-58-49(57)45-43(42(62-32-37-22-11-4-12-23-37)46(63-33-38-24-13-5-14-25-38)50(67-45)59-29-17-28-53-54-52)65-51-47(64-34-39-26-15-6-16-27-39)41(61-31-36-20-9-3-10-21-36)40(44(66-51)48(55)56)60-30-35-18-7-2-8-19-35/h2-16,18-27,40-47,50-51H,17,28-34H2,1H3,(H,55,56)/t40-,41-,42-,43-,44-,45-,46-,47-,50+,51+/m0/s1. The number of hydrogen-bond donors (Lipinski definition) is 1. The average Bonchev–Trinajstić information content (AvgIpc) is 3.37. The number of carbonyl (C=O) groups excluding carboxylic acids is 1. The first-order valence-electron chi connectivity index (χ1n) is 22.1. The summed E-state index contributed by atoms with van der Waals surface area (Å²) in [6.45, 7) is 0.435. The van der Waals surface area contributed by atoms with E-state index in [-0.39, 0.29) is 46.2 Å². The molecule has 352 valence electrons. The van der Waals surface area contributed by atoms with Gasteiger partial charge in [0.25, 0.3) is 0 Å². The Bertz CT molecular complexity index is 2280. The number of carbonyl (C=O) groups is 2. The van der Waals surface area contributed by atoms with E-state index >= 15 is 0 Å². The van der Waals surface area contributed by atoms with Gasteiger partial charge in [0.2, 0.25) is 0 Å². The number of rotatable bonds is 24. The monoisotopic (exact) mass is 917 g/mol. The van der Waals surface area contributed by atoms with Crippen LogP contribution in [0.2, 0.25) is 0 Å². The van der Waals surface area contributed by atoms with Crippen LogP contribution in [0, 0.1) is 0 Å². The molecule has 2 heterocycles. The molecule has 0 aromatic heterocycles. The number of carboxylic acid groups (broad SMARTS) is 1. The summed E-state index contributed by atoms with van der Waals surface area (Å²) < 4.78 is 64.7. The summed E-state index contributed by atoms with van der Waals surface area (Å²) in [4.78, 5) is 30.2. The van der Waals surface area contributed by atoms with Gasteiger partial charge >= 0.3 is 11.9 Å². The Balaban J connectivity index is 1.29. The van der Waals surface area contributed by atoms with Gasteiger partial charge in [-0.05, 0) is 39.8 Å². The summed E-state index contributed by atoms with van der Waals surface area (Å²) in [5.41, 5.74) is 12.9. The lowest BCUT2D eigenvalue weighted by Gasteiger charge is -2.49. The molecule has 5 aromatic rings. The lowest BCUT2D eigenvalue weighted by atomic mass is 9.95. The van der Waals surface area contributed by atoms with Gasteiger partial charge < -0.3 is 52.5 Å². The third kappa shape index (κ3) is 14.0. The molecule has 7 rings (SSSR count). The molecule has 5 aromatic carbocycles. The molecule has 0 radical (unpaired) electrons. The number of hydrogen-bond acceptors (Lipinski definition) is 13. The van der Waals surface area contributed by atoms with Gasteiger partial charge in [-0.2, -0.15) is 0 Å². The van der Waals surface area contributed by atoms with Gasteiger partial charge in [-0.1, -0.05) is 157 Å². The summed E-state index contributed by atoms with van der Waals surface area (Å²) in [5.74, 6) is -2.18. The minimum atomic E-state index is -1.66.